The van der Waals surface area contributed by atoms with Crippen LogP contribution in [0.5, 0.6) is 0 Å². The molecule has 1 amide bonds. The largest absolute Gasteiger partial charge is 0.464 e. The van der Waals surface area contributed by atoms with Gasteiger partial charge in [-0.25, -0.2) is 19.1 Å². The molecule has 0 aliphatic carbocycles. The smallest absolute Gasteiger partial charge is 0.417 e. The van der Waals surface area contributed by atoms with Crippen molar-refractivity contribution in [1.82, 2.24) is 19.3 Å². The van der Waals surface area contributed by atoms with E-state index in [-0.39, 0.29) is 39.5 Å². The number of anilines is 1. The van der Waals surface area contributed by atoms with E-state index in [0.717, 1.165) is 17.9 Å². The van der Waals surface area contributed by atoms with E-state index in [1.165, 1.54) is 49.5 Å². The van der Waals surface area contributed by atoms with Gasteiger partial charge in [-0.1, -0.05) is 18.2 Å². The summed E-state index contributed by atoms with van der Waals surface area (Å²) in [5.41, 5.74) is -1.86. The van der Waals surface area contributed by atoms with Gasteiger partial charge < -0.3 is 15.2 Å². The third-order valence-electron chi connectivity index (χ3n) is 5.10. The number of aromatic nitrogens is 4. The zero-order chi connectivity index (χ0) is 25.5. The van der Waals surface area contributed by atoms with Gasteiger partial charge in [0.2, 0.25) is 0 Å². The number of pyridine rings is 1. The molecular formula is C22H16F3N5O5. The Balaban J connectivity index is 1.76. The number of esters is 1. The Kier molecular flexibility index (Phi) is 5.76. The van der Waals surface area contributed by atoms with Crippen molar-refractivity contribution in [2.75, 3.05) is 12.4 Å². The summed E-state index contributed by atoms with van der Waals surface area (Å²) < 4.78 is 47.0. The summed E-state index contributed by atoms with van der Waals surface area (Å²) in [6.07, 6.45) is -6.27. The second-order valence-electron chi connectivity index (χ2n) is 7.28. The molecule has 0 atom stereocenters. The number of ether oxygens (including phenoxy) is 1. The van der Waals surface area contributed by atoms with Crippen molar-refractivity contribution in [1.29, 1.82) is 0 Å². The molecule has 1 aromatic carbocycles. The third kappa shape index (κ3) is 4.30. The number of benzene rings is 1. The molecular weight excluding hydrogens is 471 g/mol. The van der Waals surface area contributed by atoms with Gasteiger partial charge in [-0.05, 0) is 24.3 Å². The molecule has 0 saturated heterocycles. The second-order valence-corrected chi connectivity index (χ2v) is 7.28. The van der Waals surface area contributed by atoms with E-state index in [1.54, 1.807) is 0 Å². The van der Waals surface area contributed by atoms with Crippen LogP contribution in [0.4, 0.5) is 23.8 Å². The summed E-state index contributed by atoms with van der Waals surface area (Å²) in [5.74, 6) is -1.53. The van der Waals surface area contributed by atoms with Crippen molar-refractivity contribution < 1.29 is 37.4 Å². The second kappa shape index (κ2) is 8.59. The number of aryl methyl sites for hydroxylation is 1. The number of hydrogen-bond donors (Lipinski definition) is 2. The molecule has 0 bridgehead atoms. The molecule has 0 unspecified atom stereocenters. The first kappa shape index (κ1) is 23.5. The van der Waals surface area contributed by atoms with Crippen LogP contribution in [0.15, 0.2) is 48.5 Å². The van der Waals surface area contributed by atoms with E-state index in [0.29, 0.717) is 4.57 Å². The highest BCUT2D eigenvalue weighted by atomic mass is 19.4. The fourth-order valence-electron chi connectivity index (χ4n) is 3.56. The van der Waals surface area contributed by atoms with Gasteiger partial charge in [0, 0.05) is 24.1 Å². The number of nitrogens with zero attached hydrogens (tertiary/aromatic N) is 4. The lowest BCUT2D eigenvalue weighted by atomic mass is 10.0. The SMILES string of the molecule is COC(=O)c1cc(C(=O)Nc2ccc3cc(-c4ccccc4C(F)(F)F)n(C(=O)O)c3n2)n(C)n1. The van der Waals surface area contributed by atoms with E-state index in [1.807, 2.05) is 0 Å². The quantitative estimate of drug-likeness (QED) is 0.416. The van der Waals surface area contributed by atoms with Crippen LogP contribution >= 0.6 is 0 Å². The molecule has 0 saturated carbocycles. The Labute approximate surface area is 194 Å². The van der Waals surface area contributed by atoms with Crippen LogP contribution in [0.1, 0.15) is 26.5 Å². The van der Waals surface area contributed by atoms with Gasteiger partial charge in [-0.15, -0.1) is 0 Å². The van der Waals surface area contributed by atoms with Crippen molar-refractivity contribution >= 4 is 34.8 Å². The lowest BCUT2D eigenvalue weighted by molar-refractivity contribution is -0.137. The van der Waals surface area contributed by atoms with Crippen LogP contribution < -0.4 is 5.32 Å². The highest BCUT2D eigenvalue weighted by Gasteiger charge is 2.35. The van der Waals surface area contributed by atoms with E-state index in [9.17, 15) is 32.7 Å². The Morgan fingerprint density at radius 3 is 2.46 bits per heavy atom. The molecule has 35 heavy (non-hydrogen) atoms. The number of amides is 1. The van der Waals surface area contributed by atoms with Crippen molar-refractivity contribution in [3.05, 3.63) is 65.5 Å². The summed E-state index contributed by atoms with van der Waals surface area (Å²) in [7, 11) is 2.59. The maximum absolute atomic E-state index is 13.5. The van der Waals surface area contributed by atoms with Crippen molar-refractivity contribution in [2.24, 2.45) is 7.05 Å². The number of carbonyl (C=O) groups excluding carboxylic acids is 2. The highest BCUT2D eigenvalue weighted by molar-refractivity contribution is 6.04. The van der Waals surface area contributed by atoms with Gasteiger partial charge >= 0.3 is 18.2 Å². The fourth-order valence-corrected chi connectivity index (χ4v) is 3.56. The maximum atomic E-state index is 13.5. The van der Waals surface area contributed by atoms with E-state index < -0.39 is 29.7 Å². The predicted octanol–water partition coefficient (Wildman–Crippen LogP) is 4.02. The summed E-state index contributed by atoms with van der Waals surface area (Å²) >= 11 is 0. The zero-order valence-electron chi connectivity index (χ0n) is 18.1. The third-order valence-corrected chi connectivity index (χ3v) is 5.10. The van der Waals surface area contributed by atoms with Gasteiger partial charge in [-0.3, -0.25) is 9.48 Å². The van der Waals surface area contributed by atoms with E-state index >= 15 is 0 Å². The molecule has 3 heterocycles. The molecule has 0 radical (unpaired) electrons. The van der Waals surface area contributed by atoms with E-state index in [4.69, 9.17) is 0 Å². The van der Waals surface area contributed by atoms with Gasteiger partial charge in [0.1, 0.15) is 11.5 Å². The molecule has 0 fully saturated rings. The van der Waals surface area contributed by atoms with Crippen LogP contribution in [-0.4, -0.2) is 49.5 Å². The number of carbonyl (C=O) groups is 3. The average molecular weight is 487 g/mol. The number of rotatable bonds is 4. The fraction of sp³-hybridized carbons (Fsp3) is 0.136. The number of nitrogens with one attached hydrogen (secondary N) is 1. The number of methoxy groups -OCH3 is 1. The molecule has 0 spiro atoms. The number of hydrogen-bond acceptors (Lipinski definition) is 6. The summed E-state index contributed by atoms with van der Waals surface area (Å²) in [6, 6.07) is 9.85. The minimum atomic E-state index is -4.71. The minimum absolute atomic E-state index is 0.0132. The summed E-state index contributed by atoms with van der Waals surface area (Å²) in [4.78, 5) is 40.5. The van der Waals surface area contributed by atoms with Gasteiger partial charge in [0.25, 0.3) is 5.91 Å². The maximum Gasteiger partial charge on any atom is 0.417 e. The zero-order valence-corrected chi connectivity index (χ0v) is 18.1. The van der Waals surface area contributed by atoms with Crippen LogP contribution in [-0.2, 0) is 18.0 Å². The Bertz CT molecular complexity index is 1490. The first-order chi connectivity index (χ1) is 16.5. The molecule has 4 rings (SSSR count). The topological polar surface area (TPSA) is 128 Å². The number of alkyl halides is 3. The van der Waals surface area contributed by atoms with E-state index in [2.05, 4.69) is 20.1 Å². The van der Waals surface area contributed by atoms with Crippen LogP contribution in [0, 0.1) is 0 Å². The van der Waals surface area contributed by atoms with Gasteiger partial charge in [-0.2, -0.15) is 18.3 Å². The first-order valence-electron chi connectivity index (χ1n) is 9.87. The number of fused-ring (bicyclic) bond motifs is 1. The van der Waals surface area contributed by atoms with Crippen molar-refractivity contribution in [3.8, 4) is 11.3 Å². The minimum Gasteiger partial charge on any atom is -0.464 e. The Hall–Kier alpha value is -4.68. The molecule has 4 aromatic rings. The lowest BCUT2D eigenvalue weighted by Gasteiger charge is -2.13. The van der Waals surface area contributed by atoms with Crippen molar-refractivity contribution in [2.45, 2.75) is 6.18 Å². The standard InChI is InChI=1S/C22H16F3N5O5/c1-29-16(10-14(28-29)20(32)35-2)19(31)27-17-8-7-11-9-15(30(21(33)34)18(11)26-17)12-5-3-4-6-13(12)22(23,24)25/h3-10H,1-2H3,(H,33,34)(H,26,27,31). The Morgan fingerprint density at radius 2 is 1.80 bits per heavy atom. The first-order valence-corrected chi connectivity index (χ1v) is 9.87. The van der Waals surface area contributed by atoms with Crippen LogP contribution in [0.3, 0.4) is 0 Å². The number of carboxylic acid groups (broad SMARTS) is 1. The molecule has 0 aliphatic rings. The highest BCUT2D eigenvalue weighted by Crippen LogP contribution is 2.38. The average Bonchev–Trinajstić information content (AvgIpc) is 3.38. The van der Waals surface area contributed by atoms with Crippen LogP contribution in [0.25, 0.3) is 22.3 Å². The molecule has 2 N–H and O–H groups in total. The molecule has 13 heteroatoms. The molecule has 0 aliphatic heterocycles. The lowest BCUT2D eigenvalue weighted by Crippen LogP contribution is -2.17. The molecule has 180 valence electrons. The van der Waals surface area contributed by atoms with Gasteiger partial charge in [0.05, 0.1) is 18.4 Å². The predicted molar refractivity (Wildman–Crippen MR) is 116 cm³/mol. The molecule has 3 aromatic heterocycles. The summed E-state index contributed by atoms with van der Waals surface area (Å²) in [5, 5.41) is 16.4. The summed E-state index contributed by atoms with van der Waals surface area (Å²) in [6.45, 7) is 0. The van der Waals surface area contributed by atoms with Crippen molar-refractivity contribution in [3.63, 3.8) is 0 Å². The normalized spacial score (nSPS) is 11.5. The van der Waals surface area contributed by atoms with Gasteiger partial charge in [0.15, 0.2) is 11.3 Å². The number of halogens is 3. The molecule has 10 nitrogen and oxygen atoms in total. The Morgan fingerprint density at radius 1 is 1.09 bits per heavy atom. The van der Waals surface area contributed by atoms with Crippen LogP contribution in [0.2, 0.25) is 0 Å². The monoisotopic (exact) mass is 487 g/mol.